The zero-order valence-electron chi connectivity index (χ0n) is 15.0. The van der Waals surface area contributed by atoms with Crippen LogP contribution in [0.4, 0.5) is 5.69 Å². The van der Waals surface area contributed by atoms with E-state index in [2.05, 4.69) is 10.0 Å². The van der Waals surface area contributed by atoms with Crippen molar-refractivity contribution in [3.05, 3.63) is 54.1 Å². The van der Waals surface area contributed by atoms with Gasteiger partial charge >= 0.3 is 0 Å². The van der Waals surface area contributed by atoms with Gasteiger partial charge in [0.2, 0.25) is 10.0 Å². The number of sulfonamides is 1. The molecule has 0 bridgehead atoms. The van der Waals surface area contributed by atoms with Gasteiger partial charge in [-0.1, -0.05) is 6.07 Å². The fourth-order valence-electron chi connectivity index (χ4n) is 2.77. The molecule has 1 aliphatic heterocycles. The number of anilines is 1. The van der Waals surface area contributed by atoms with Gasteiger partial charge in [0.05, 0.1) is 11.0 Å². The molecule has 8 heteroatoms. The first-order valence-corrected chi connectivity index (χ1v) is 11.4. The lowest BCUT2D eigenvalue weighted by atomic mass is 10.2. The molecule has 2 aromatic rings. The van der Waals surface area contributed by atoms with Gasteiger partial charge in [0.15, 0.2) is 0 Å². The average molecular weight is 407 g/mol. The van der Waals surface area contributed by atoms with Crippen molar-refractivity contribution < 1.29 is 17.9 Å². The monoisotopic (exact) mass is 406 g/mol. The minimum atomic E-state index is -3.70. The van der Waals surface area contributed by atoms with Crippen LogP contribution in [-0.2, 0) is 14.8 Å². The van der Waals surface area contributed by atoms with Crippen molar-refractivity contribution in [3.8, 4) is 0 Å². The molecule has 2 aromatic carbocycles. The molecular weight excluding hydrogens is 384 g/mol. The second kappa shape index (κ2) is 8.88. The number of carbonyl (C=O) groups is 1. The number of hydrogen-bond acceptors (Lipinski definition) is 5. The minimum absolute atomic E-state index is 0.0610. The number of thioether (sulfide) groups is 1. The second-order valence-electron chi connectivity index (χ2n) is 6.20. The fourth-order valence-corrected chi connectivity index (χ4v) is 4.29. The molecule has 1 amide bonds. The highest BCUT2D eigenvalue weighted by atomic mass is 32.2. The number of carbonyl (C=O) groups excluding carboxylic acids is 1. The van der Waals surface area contributed by atoms with Crippen molar-refractivity contribution in [1.29, 1.82) is 0 Å². The molecule has 1 unspecified atom stereocenters. The molecule has 2 N–H and O–H groups in total. The third-order valence-corrected chi connectivity index (χ3v) is 6.44. The Morgan fingerprint density at radius 3 is 2.67 bits per heavy atom. The zero-order chi connectivity index (χ0) is 19.3. The highest BCUT2D eigenvalue weighted by Crippen LogP contribution is 2.19. The largest absolute Gasteiger partial charge is 0.377 e. The van der Waals surface area contributed by atoms with E-state index < -0.39 is 10.0 Å². The van der Waals surface area contributed by atoms with E-state index in [1.54, 1.807) is 23.9 Å². The molecule has 0 aliphatic carbocycles. The Morgan fingerprint density at radius 2 is 2.00 bits per heavy atom. The molecule has 0 aromatic heterocycles. The molecule has 0 radical (unpaired) electrons. The van der Waals surface area contributed by atoms with E-state index in [1.807, 2.05) is 30.5 Å². The predicted octanol–water partition coefficient (Wildman–Crippen LogP) is 3.12. The lowest BCUT2D eigenvalue weighted by Gasteiger charge is -2.12. The van der Waals surface area contributed by atoms with E-state index in [1.165, 1.54) is 12.1 Å². The van der Waals surface area contributed by atoms with E-state index in [9.17, 15) is 13.2 Å². The van der Waals surface area contributed by atoms with Crippen molar-refractivity contribution in [1.82, 2.24) is 4.72 Å². The summed E-state index contributed by atoms with van der Waals surface area (Å²) >= 11 is 1.62. The zero-order valence-corrected chi connectivity index (χ0v) is 16.6. The molecule has 1 fully saturated rings. The summed E-state index contributed by atoms with van der Waals surface area (Å²) in [5.74, 6) is -0.358. The normalized spacial score (nSPS) is 17.0. The summed E-state index contributed by atoms with van der Waals surface area (Å²) in [4.78, 5) is 13.6. The molecule has 27 heavy (non-hydrogen) atoms. The van der Waals surface area contributed by atoms with Crippen molar-refractivity contribution in [2.75, 3.05) is 24.7 Å². The van der Waals surface area contributed by atoms with Crippen LogP contribution in [0.25, 0.3) is 0 Å². The fraction of sp³-hybridized carbons (Fsp3) is 0.316. The first kappa shape index (κ1) is 19.9. The predicted molar refractivity (Wildman–Crippen MR) is 107 cm³/mol. The third kappa shape index (κ3) is 5.32. The van der Waals surface area contributed by atoms with Crippen LogP contribution in [0, 0.1) is 0 Å². The van der Waals surface area contributed by atoms with Gasteiger partial charge in [-0.05, 0) is 61.6 Å². The maximum absolute atomic E-state index is 12.5. The SMILES string of the molecule is CSc1ccc(NC(=O)c2cccc(S(=O)(=O)NCC3CCCO3)c2)cc1. The Labute approximate surface area is 163 Å². The van der Waals surface area contributed by atoms with Crippen LogP contribution in [0.1, 0.15) is 23.2 Å². The molecule has 3 rings (SSSR count). The highest BCUT2D eigenvalue weighted by Gasteiger charge is 2.21. The number of ether oxygens (including phenoxy) is 1. The van der Waals surface area contributed by atoms with Crippen LogP contribution >= 0.6 is 11.8 Å². The Hall–Kier alpha value is -1.87. The molecule has 144 valence electrons. The number of rotatable bonds is 7. The number of amides is 1. The van der Waals surface area contributed by atoms with E-state index in [4.69, 9.17) is 4.74 Å². The topological polar surface area (TPSA) is 84.5 Å². The molecule has 6 nitrogen and oxygen atoms in total. The number of benzene rings is 2. The van der Waals surface area contributed by atoms with Gasteiger partial charge in [-0.2, -0.15) is 0 Å². The van der Waals surface area contributed by atoms with Crippen LogP contribution in [0.3, 0.4) is 0 Å². The van der Waals surface area contributed by atoms with Gasteiger partial charge in [0.25, 0.3) is 5.91 Å². The van der Waals surface area contributed by atoms with Gasteiger partial charge < -0.3 is 10.1 Å². The van der Waals surface area contributed by atoms with E-state index in [-0.39, 0.29) is 29.0 Å². The lowest BCUT2D eigenvalue weighted by molar-refractivity contribution is 0.102. The summed E-state index contributed by atoms with van der Waals surface area (Å²) in [6, 6.07) is 13.5. The first-order chi connectivity index (χ1) is 13.0. The molecule has 1 saturated heterocycles. The summed E-state index contributed by atoms with van der Waals surface area (Å²) < 4.78 is 33.0. The Balaban J connectivity index is 1.68. The summed E-state index contributed by atoms with van der Waals surface area (Å²) in [7, 11) is -3.70. The average Bonchev–Trinajstić information content (AvgIpc) is 3.21. The maximum atomic E-state index is 12.5. The molecular formula is C19H22N2O4S2. The second-order valence-corrected chi connectivity index (χ2v) is 8.84. The summed E-state index contributed by atoms with van der Waals surface area (Å²) in [5.41, 5.74) is 0.937. The molecule has 1 aliphatic rings. The quantitative estimate of drug-likeness (QED) is 0.690. The lowest BCUT2D eigenvalue weighted by Crippen LogP contribution is -2.32. The summed E-state index contributed by atoms with van der Waals surface area (Å²) in [6.07, 6.45) is 3.68. The van der Waals surface area contributed by atoms with Crippen molar-refractivity contribution in [3.63, 3.8) is 0 Å². The standard InChI is InChI=1S/C19H22N2O4S2/c1-26-17-9-7-15(8-10-17)21-19(22)14-4-2-6-18(12-14)27(23,24)20-13-16-5-3-11-25-16/h2,4,6-10,12,16,20H,3,5,11,13H2,1H3,(H,21,22). The van der Waals surface area contributed by atoms with Crippen LogP contribution < -0.4 is 10.0 Å². The number of hydrogen-bond donors (Lipinski definition) is 2. The molecule has 0 saturated carbocycles. The highest BCUT2D eigenvalue weighted by molar-refractivity contribution is 7.98. The smallest absolute Gasteiger partial charge is 0.255 e. The van der Waals surface area contributed by atoms with Crippen molar-refractivity contribution >= 4 is 33.4 Å². The van der Waals surface area contributed by atoms with Gasteiger partial charge in [0, 0.05) is 29.3 Å². The van der Waals surface area contributed by atoms with Gasteiger partial charge in [-0.3, -0.25) is 4.79 Å². The molecule has 0 spiro atoms. The minimum Gasteiger partial charge on any atom is -0.377 e. The summed E-state index contributed by atoms with van der Waals surface area (Å²) in [6.45, 7) is 0.903. The van der Waals surface area contributed by atoms with E-state index >= 15 is 0 Å². The van der Waals surface area contributed by atoms with Crippen LogP contribution in [0.15, 0.2) is 58.3 Å². The molecule has 1 atom stereocenters. The van der Waals surface area contributed by atoms with Gasteiger partial charge in [-0.15, -0.1) is 11.8 Å². The van der Waals surface area contributed by atoms with Gasteiger partial charge in [-0.25, -0.2) is 13.1 Å². The number of nitrogens with one attached hydrogen (secondary N) is 2. The first-order valence-electron chi connectivity index (χ1n) is 8.65. The Bertz CT molecular complexity index is 892. The van der Waals surface area contributed by atoms with Crippen molar-refractivity contribution in [2.45, 2.75) is 28.7 Å². The Kier molecular flexibility index (Phi) is 6.54. The third-order valence-electron chi connectivity index (χ3n) is 4.28. The van der Waals surface area contributed by atoms with Crippen LogP contribution in [-0.4, -0.2) is 39.8 Å². The van der Waals surface area contributed by atoms with Crippen molar-refractivity contribution in [2.24, 2.45) is 0 Å². The van der Waals surface area contributed by atoms with E-state index in [0.29, 0.717) is 12.3 Å². The maximum Gasteiger partial charge on any atom is 0.255 e. The summed E-state index contributed by atoms with van der Waals surface area (Å²) in [5, 5.41) is 2.78. The molecule has 1 heterocycles. The Morgan fingerprint density at radius 1 is 1.22 bits per heavy atom. The van der Waals surface area contributed by atoms with E-state index in [0.717, 1.165) is 17.7 Å². The van der Waals surface area contributed by atoms with Gasteiger partial charge in [0.1, 0.15) is 0 Å². The van der Waals surface area contributed by atoms with Crippen LogP contribution in [0.5, 0.6) is 0 Å². The van der Waals surface area contributed by atoms with Crippen LogP contribution in [0.2, 0.25) is 0 Å².